The van der Waals surface area contributed by atoms with Crippen molar-refractivity contribution in [2.75, 3.05) is 19.6 Å². The summed E-state index contributed by atoms with van der Waals surface area (Å²) in [7, 11) is 0. The molecular formula is C20H20F2N4O2. The smallest absolute Gasteiger partial charge is 0.263 e. The van der Waals surface area contributed by atoms with Crippen LogP contribution in [0.4, 0.5) is 8.78 Å². The average Bonchev–Trinajstić information content (AvgIpc) is 3.11. The number of likely N-dealkylation sites (tertiary alicyclic amines) is 1. The van der Waals surface area contributed by atoms with Crippen molar-refractivity contribution in [1.29, 1.82) is 0 Å². The highest BCUT2D eigenvalue weighted by Crippen LogP contribution is 2.47. The quantitative estimate of drug-likeness (QED) is 0.854. The van der Waals surface area contributed by atoms with Crippen molar-refractivity contribution >= 4 is 5.91 Å². The number of aromatic nitrogens is 2. The predicted octanol–water partition coefficient (Wildman–Crippen LogP) is 1.75. The summed E-state index contributed by atoms with van der Waals surface area (Å²) in [6.45, 7) is 2.18. The molecule has 1 aromatic heterocycles. The van der Waals surface area contributed by atoms with E-state index < -0.39 is 17.2 Å². The average molecular weight is 386 g/mol. The van der Waals surface area contributed by atoms with Gasteiger partial charge in [0.1, 0.15) is 17.2 Å². The molecule has 6 nitrogen and oxygen atoms in total. The molecule has 4 saturated heterocycles. The standard InChI is InChI=1S/C20H20F2N4O2/c21-13-5-12(6-14(22)7-13)16-9-26(20(28)15-8-23-10-24-19(15)27)17-11-1-3-25(4-2-11)18(16)17/h5-8,10-11,16-18H,1-4,9H2,(H,23,24,27)/t16-,17+,18+/m1/s1. The zero-order valence-electron chi connectivity index (χ0n) is 15.1. The van der Waals surface area contributed by atoms with Crippen molar-refractivity contribution in [3.63, 3.8) is 0 Å². The van der Waals surface area contributed by atoms with Gasteiger partial charge in [-0.15, -0.1) is 0 Å². The number of halogens is 2. The van der Waals surface area contributed by atoms with E-state index in [1.807, 2.05) is 0 Å². The summed E-state index contributed by atoms with van der Waals surface area (Å²) in [5.74, 6) is -1.46. The Labute approximate surface area is 160 Å². The molecule has 0 saturated carbocycles. The van der Waals surface area contributed by atoms with Gasteiger partial charge in [-0.2, -0.15) is 0 Å². The molecule has 4 aliphatic heterocycles. The lowest BCUT2D eigenvalue weighted by atomic mass is 9.75. The van der Waals surface area contributed by atoms with Crippen LogP contribution in [0.1, 0.15) is 34.7 Å². The number of carbonyl (C=O) groups excluding carboxylic acids is 1. The van der Waals surface area contributed by atoms with E-state index in [-0.39, 0.29) is 29.5 Å². The lowest BCUT2D eigenvalue weighted by Gasteiger charge is -2.51. The van der Waals surface area contributed by atoms with Gasteiger partial charge in [0.05, 0.1) is 12.4 Å². The first-order chi connectivity index (χ1) is 13.5. The predicted molar refractivity (Wildman–Crippen MR) is 96.9 cm³/mol. The Morgan fingerprint density at radius 1 is 1.11 bits per heavy atom. The molecule has 2 aromatic rings. The Bertz CT molecular complexity index is 966. The molecule has 5 heterocycles. The molecule has 4 fully saturated rings. The SMILES string of the molecule is O=C(c1cnc[nH]c1=O)N1C[C@H](c2cc(F)cc(F)c2)[C@H]2[C@@H]1C1CCN2CC1. The third-order valence-corrected chi connectivity index (χ3v) is 6.52. The number of fused-ring (bicyclic) bond motifs is 2. The fourth-order valence-corrected chi connectivity index (χ4v) is 5.39. The van der Waals surface area contributed by atoms with Crippen LogP contribution in [0, 0.1) is 17.6 Å². The van der Waals surface area contributed by atoms with Crippen LogP contribution in [0.15, 0.2) is 35.5 Å². The van der Waals surface area contributed by atoms with Crippen molar-refractivity contribution in [1.82, 2.24) is 19.8 Å². The van der Waals surface area contributed by atoms with Crippen LogP contribution in [0.2, 0.25) is 0 Å². The summed E-state index contributed by atoms with van der Waals surface area (Å²) in [4.78, 5) is 35.7. The van der Waals surface area contributed by atoms with Gasteiger partial charge in [0, 0.05) is 30.8 Å². The summed E-state index contributed by atoms with van der Waals surface area (Å²) in [6, 6.07) is 3.53. The van der Waals surface area contributed by atoms with Crippen molar-refractivity contribution in [2.45, 2.75) is 30.8 Å². The number of hydrogen-bond donors (Lipinski definition) is 1. The number of benzene rings is 1. The molecule has 3 atom stereocenters. The highest BCUT2D eigenvalue weighted by molar-refractivity contribution is 5.94. The molecule has 146 valence electrons. The molecule has 4 aliphatic rings. The van der Waals surface area contributed by atoms with Gasteiger partial charge in [0.2, 0.25) is 0 Å². The van der Waals surface area contributed by atoms with Crippen molar-refractivity contribution in [2.24, 2.45) is 5.92 Å². The van der Waals surface area contributed by atoms with E-state index >= 15 is 0 Å². The summed E-state index contributed by atoms with van der Waals surface area (Å²) < 4.78 is 27.8. The highest BCUT2D eigenvalue weighted by Gasteiger charge is 2.55. The maximum Gasteiger partial charge on any atom is 0.263 e. The Balaban J connectivity index is 1.57. The number of nitrogens with zero attached hydrogens (tertiary/aromatic N) is 3. The fraction of sp³-hybridized carbons (Fsp3) is 0.450. The Hall–Kier alpha value is -2.61. The number of carbonyl (C=O) groups is 1. The minimum absolute atomic E-state index is 0.00349. The maximum atomic E-state index is 13.9. The second-order valence-electron chi connectivity index (χ2n) is 7.92. The van der Waals surface area contributed by atoms with E-state index in [0.29, 0.717) is 18.0 Å². The second-order valence-corrected chi connectivity index (χ2v) is 7.92. The van der Waals surface area contributed by atoms with E-state index in [0.717, 1.165) is 32.0 Å². The zero-order valence-corrected chi connectivity index (χ0v) is 15.1. The number of aromatic amines is 1. The molecule has 0 spiro atoms. The maximum absolute atomic E-state index is 13.9. The second kappa shape index (κ2) is 6.48. The van der Waals surface area contributed by atoms with Crippen LogP contribution in [-0.2, 0) is 0 Å². The number of piperidine rings is 3. The van der Waals surface area contributed by atoms with E-state index in [4.69, 9.17) is 0 Å². The van der Waals surface area contributed by atoms with E-state index in [1.165, 1.54) is 24.7 Å². The number of nitrogens with one attached hydrogen (secondary N) is 1. The summed E-state index contributed by atoms with van der Waals surface area (Å²) in [5.41, 5.74) is 0.0947. The minimum atomic E-state index is -0.615. The number of rotatable bonds is 2. The van der Waals surface area contributed by atoms with Gasteiger partial charge in [-0.25, -0.2) is 13.8 Å². The zero-order chi connectivity index (χ0) is 19.4. The first-order valence-electron chi connectivity index (χ1n) is 9.56. The van der Waals surface area contributed by atoms with Gasteiger partial charge in [-0.1, -0.05) is 0 Å². The lowest BCUT2D eigenvalue weighted by Crippen LogP contribution is -2.61. The third-order valence-electron chi connectivity index (χ3n) is 6.52. The van der Waals surface area contributed by atoms with Gasteiger partial charge in [-0.3, -0.25) is 14.5 Å². The molecule has 1 aromatic carbocycles. The van der Waals surface area contributed by atoms with Crippen LogP contribution in [-0.4, -0.2) is 57.4 Å². The van der Waals surface area contributed by atoms with Gasteiger partial charge in [0.15, 0.2) is 0 Å². The molecular weight excluding hydrogens is 366 g/mol. The third kappa shape index (κ3) is 2.66. The van der Waals surface area contributed by atoms with Crippen molar-refractivity contribution < 1.29 is 13.6 Å². The molecule has 1 amide bonds. The summed E-state index contributed by atoms with van der Waals surface area (Å²) in [6.07, 6.45) is 4.50. The normalized spacial score (nSPS) is 31.1. The minimum Gasteiger partial charge on any atom is -0.333 e. The van der Waals surface area contributed by atoms with Crippen LogP contribution < -0.4 is 5.56 Å². The van der Waals surface area contributed by atoms with E-state index in [2.05, 4.69) is 14.9 Å². The summed E-state index contributed by atoms with van der Waals surface area (Å²) >= 11 is 0. The Kier molecular flexibility index (Phi) is 4.04. The van der Waals surface area contributed by atoms with Crippen LogP contribution in [0.5, 0.6) is 0 Å². The molecule has 0 aliphatic carbocycles. The van der Waals surface area contributed by atoms with Crippen LogP contribution in [0.25, 0.3) is 0 Å². The largest absolute Gasteiger partial charge is 0.333 e. The lowest BCUT2D eigenvalue weighted by molar-refractivity contribution is -0.00350. The first-order valence-corrected chi connectivity index (χ1v) is 9.56. The molecule has 28 heavy (non-hydrogen) atoms. The number of amides is 1. The topological polar surface area (TPSA) is 69.3 Å². The van der Waals surface area contributed by atoms with Crippen molar-refractivity contribution in [3.8, 4) is 0 Å². The number of H-pyrrole nitrogens is 1. The monoisotopic (exact) mass is 386 g/mol. The molecule has 0 radical (unpaired) electrons. The molecule has 1 N–H and O–H groups in total. The molecule has 2 bridgehead atoms. The van der Waals surface area contributed by atoms with Crippen molar-refractivity contribution in [3.05, 3.63) is 63.8 Å². The Morgan fingerprint density at radius 3 is 2.50 bits per heavy atom. The Morgan fingerprint density at radius 2 is 1.82 bits per heavy atom. The van der Waals surface area contributed by atoms with E-state index in [1.54, 1.807) is 4.90 Å². The van der Waals surface area contributed by atoms with E-state index in [9.17, 15) is 18.4 Å². The fourth-order valence-electron chi connectivity index (χ4n) is 5.39. The van der Waals surface area contributed by atoms with Crippen LogP contribution >= 0.6 is 0 Å². The van der Waals surface area contributed by atoms with Crippen LogP contribution in [0.3, 0.4) is 0 Å². The molecule has 0 unspecified atom stereocenters. The summed E-state index contributed by atoms with van der Waals surface area (Å²) in [5, 5.41) is 0. The first kappa shape index (κ1) is 17.5. The molecule has 8 heteroatoms. The molecule has 6 rings (SSSR count). The van der Waals surface area contributed by atoms with Gasteiger partial charge in [-0.05, 0) is 49.5 Å². The van der Waals surface area contributed by atoms with Gasteiger partial charge >= 0.3 is 0 Å². The van der Waals surface area contributed by atoms with Gasteiger partial charge in [0.25, 0.3) is 11.5 Å². The van der Waals surface area contributed by atoms with Gasteiger partial charge < -0.3 is 9.88 Å². The highest BCUT2D eigenvalue weighted by atomic mass is 19.1. The number of hydrogen-bond acceptors (Lipinski definition) is 4.